The second-order valence-corrected chi connectivity index (χ2v) is 11.1. The number of fused-ring (bicyclic) bond motifs is 1. The number of amides is 1. The lowest BCUT2D eigenvalue weighted by atomic mass is 9.88. The molecule has 2 aromatic rings. The van der Waals surface area contributed by atoms with Crippen LogP contribution < -0.4 is 4.31 Å². The van der Waals surface area contributed by atoms with Gasteiger partial charge in [0.25, 0.3) is 10.0 Å². The third kappa shape index (κ3) is 5.04. The van der Waals surface area contributed by atoms with Crippen LogP contribution in [0.3, 0.4) is 0 Å². The molecular formula is C24H25F5N2O5S. The highest BCUT2D eigenvalue weighted by molar-refractivity contribution is 7.92. The Kier molecular flexibility index (Phi) is 7.25. The number of hydrogen-bond donors (Lipinski definition) is 2. The summed E-state index contributed by atoms with van der Waals surface area (Å²) in [6.07, 6.45) is -5.78. The molecular weight excluding hydrogens is 523 g/mol. The zero-order valence-corrected chi connectivity index (χ0v) is 20.3. The van der Waals surface area contributed by atoms with E-state index in [9.17, 15) is 45.4 Å². The molecule has 0 saturated carbocycles. The van der Waals surface area contributed by atoms with Crippen LogP contribution in [0.4, 0.5) is 27.6 Å². The first kappa shape index (κ1) is 27.3. The summed E-state index contributed by atoms with van der Waals surface area (Å²) in [5.74, 6) is -1.08. The maximum Gasteiger partial charge on any atom is 0.424 e. The zero-order chi connectivity index (χ0) is 27.2. The molecule has 4 rings (SSSR count). The molecule has 37 heavy (non-hydrogen) atoms. The van der Waals surface area contributed by atoms with Gasteiger partial charge in [-0.3, -0.25) is 9.10 Å². The highest BCUT2D eigenvalue weighted by Crippen LogP contribution is 2.43. The molecule has 2 aromatic carbocycles. The number of β-amino-alcohol motifs (C(OH)–C–C–N with tert-alkyl or cyclic N) is 1. The average molecular weight is 549 g/mol. The predicted octanol–water partition coefficient (Wildman–Crippen LogP) is 3.04. The first-order valence-electron chi connectivity index (χ1n) is 11.5. The molecule has 1 amide bonds. The molecule has 2 aliphatic heterocycles. The maximum atomic E-state index is 13.7. The van der Waals surface area contributed by atoms with Gasteiger partial charge in [-0.05, 0) is 60.7 Å². The SMILES string of the molecule is O=C(C[C@@H]1CCc2cc(C(O)(CF)C(F)(F)F)ccc2N1S(=O)(=O)c1ccc(F)cc1)N1CC[C@H](O)C1. The standard InChI is InChI=1S/C24H25F5N2O5S/c25-14-23(34,24(27,28)29)16-2-8-21-15(11-16)1-5-18(12-22(33)30-10-9-19(32)13-30)31(21)37(35,36)20-6-3-17(26)4-7-20/h2-4,6-8,11,18-19,32,34H,1,5,9-10,12-14H2/t18-,19-,23?/m0/s1. The van der Waals surface area contributed by atoms with Gasteiger partial charge < -0.3 is 15.1 Å². The average Bonchev–Trinajstić information content (AvgIpc) is 3.28. The summed E-state index contributed by atoms with van der Waals surface area (Å²) in [5.41, 5.74) is -4.46. The number of anilines is 1. The van der Waals surface area contributed by atoms with Crippen molar-refractivity contribution in [3.8, 4) is 0 Å². The van der Waals surface area contributed by atoms with Crippen molar-refractivity contribution >= 4 is 21.6 Å². The fourth-order valence-corrected chi connectivity index (χ4v) is 6.46. The van der Waals surface area contributed by atoms with Crippen molar-refractivity contribution in [1.29, 1.82) is 0 Å². The van der Waals surface area contributed by atoms with Crippen molar-refractivity contribution in [2.45, 2.75) is 54.5 Å². The first-order chi connectivity index (χ1) is 17.3. The third-order valence-electron chi connectivity index (χ3n) is 6.83. The summed E-state index contributed by atoms with van der Waals surface area (Å²) in [6, 6.07) is 5.80. The lowest BCUT2D eigenvalue weighted by Crippen LogP contribution is -2.47. The number of halogens is 5. The molecule has 2 N–H and O–H groups in total. The Bertz CT molecular complexity index is 1270. The highest BCUT2D eigenvalue weighted by Gasteiger charge is 2.55. The van der Waals surface area contributed by atoms with E-state index in [4.69, 9.17) is 0 Å². The Morgan fingerprint density at radius 3 is 2.32 bits per heavy atom. The molecule has 3 atom stereocenters. The first-order valence-corrected chi connectivity index (χ1v) is 13.0. The van der Waals surface area contributed by atoms with Crippen molar-refractivity contribution in [3.05, 3.63) is 59.4 Å². The van der Waals surface area contributed by atoms with Gasteiger partial charge in [0.1, 0.15) is 12.5 Å². The molecule has 13 heteroatoms. The molecule has 1 saturated heterocycles. The van der Waals surface area contributed by atoms with Crippen LogP contribution in [-0.4, -0.2) is 67.5 Å². The van der Waals surface area contributed by atoms with Gasteiger partial charge in [0.15, 0.2) is 0 Å². The van der Waals surface area contributed by atoms with Crippen LogP contribution in [0.1, 0.15) is 30.4 Å². The van der Waals surface area contributed by atoms with E-state index in [-0.39, 0.29) is 42.0 Å². The van der Waals surface area contributed by atoms with Gasteiger partial charge in [0, 0.05) is 19.5 Å². The molecule has 0 aliphatic carbocycles. The molecule has 2 heterocycles. The Labute approximate surface area is 210 Å². The van der Waals surface area contributed by atoms with E-state index in [1.807, 2.05) is 0 Å². The lowest BCUT2D eigenvalue weighted by Gasteiger charge is -2.39. The number of sulfonamides is 1. The number of aryl methyl sites for hydroxylation is 1. The fraction of sp³-hybridized carbons (Fsp3) is 0.458. The number of benzene rings is 2. The summed E-state index contributed by atoms with van der Waals surface area (Å²) in [7, 11) is -4.42. The molecule has 0 bridgehead atoms. The summed E-state index contributed by atoms with van der Waals surface area (Å²) in [6.45, 7) is -1.72. The van der Waals surface area contributed by atoms with Crippen LogP contribution in [-0.2, 0) is 26.8 Å². The van der Waals surface area contributed by atoms with Gasteiger partial charge in [-0.1, -0.05) is 12.1 Å². The summed E-state index contributed by atoms with van der Waals surface area (Å²) >= 11 is 0. The van der Waals surface area contributed by atoms with Crippen molar-refractivity contribution in [2.75, 3.05) is 24.1 Å². The Hall–Kier alpha value is -2.77. The molecule has 1 unspecified atom stereocenters. The number of carbonyl (C=O) groups excluding carboxylic acids is 1. The summed E-state index contributed by atoms with van der Waals surface area (Å²) < 4.78 is 95.4. The Morgan fingerprint density at radius 2 is 1.76 bits per heavy atom. The molecule has 202 valence electrons. The van der Waals surface area contributed by atoms with Crippen LogP contribution in [0.5, 0.6) is 0 Å². The van der Waals surface area contributed by atoms with Gasteiger partial charge in [-0.25, -0.2) is 17.2 Å². The van der Waals surface area contributed by atoms with E-state index >= 15 is 0 Å². The number of carbonyl (C=O) groups is 1. The van der Waals surface area contributed by atoms with E-state index in [0.29, 0.717) is 13.0 Å². The van der Waals surface area contributed by atoms with E-state index < -0.39 is 57.9 Å². The van der Waals surface area contributed by atoms with E-state index in [2.05, 4.69) is 0 Å². The lowest BCUT2D eigenvalue weighted by molar-refractivity contribution is -0.271. The largest absolute Gasteiger partial charge is 0.424 e. The molecule has 2 aliphatic rings. The minimum atomic E-state index is -5.32. The normalized spacial score (nSPS) is 22.0. The van der Waals surface area contributed by atoms with Crippen molar-refractivity contribution in [1.82, 2.24) is 4.90 Å². The van der Waals surface area contributed by atoms with E-state index in [1.165, 1.54) is 4.90 Å². The molecule has 7 nitrogen and oxygen atoms in total. The maximum absolute atomic E-state index is 13.7. The van der Waals surface area contributed by atoms with E-state index in [1.54, 1.807) is 0 Å². The smallest absolute Gasteiger partial charge is 0.391 e. The number of nitrogens with zero attached hydrogens (tertiary/aromatic N) is 2. The van der Waals surface area contributed by atoms with Crippen LogP contribution in [0, 0.1) is 5.82 Å². The van der Waals surface area contributed by atoms with Gasteiger partial charge in [0.2, 0.25) is 11.5 Å². The fourth-order valence-electron chi connectivity index (χ4n) is 4.74. The van der Waals surface area contributed by atoms with Crippen LogP contribution in [0.25, 0.3) is 0 Å². The second-order valence-electron chi connectivity index (χ2n) is 9.27. The van der Waals surface area contributed by atoms with Crippen LogP contribution >= 0.6 is 0 Å². The van der Waals surface area contributed by atoms with Crippen molar-refractivity contribution in [2.24, 2.45) is 0 Å². The number of aliphatic hydroxyl groups is 2. The van der Waals surface area contributed by atoms with Gasteiger partial charge in [0.05, 0.1) is 22.7 Å². The number of likely N-dealkylation sites (tertiary alicyclic amines) is 1. The highest BCUT2D eigenvalue weighted by atomic mass is 32.2. The minimum absolute atomic E-state index is 0.0260. The molecule has 0 spiro atoms. The topological polar surface area (TPSA) is 98.2 Å². The van der Waals surface area contributed by atoms with Crippen molar-refractivity contribution < 1.29 is 45.4 Å². The number of alkyl halides is 4. The number of rotatable bonds is 6. The summed E-state index contributed by atoms with van der Waals surface area (Å²) in [4.78, 5) is 14.0. The van der Waals surface area contributed by atoms with Gasteiger partial charge in [-0.2, -0.15) is 13.2 Å². The predicted molar refractivity (Wildman–Crippen MR) is 122 cm³/mol. The minimum Gasteiger partial charge on any atom is -0.391 e. The van der Waals surface area contributed by atoms with Crippen LogP contribution in [0.2, 0.25) is 0 Å². The monoisotopic (exact) mass is 548 g/mol. The van der Waals surface area contributed by atoms with Crippen molar-refractivity contribution in [3.63, 3.8) is 0 Å². The summed E-state index contributed by atoms with van der Waals surface area (Å²) in [5, 5.41) is 19.8. The zero-order valence-electron chi connectivity index (χ0n) is 19.5. The van der Waals surface area contributed by atoms with Crippen LogP contribution in [0.15, 0.2) is 47.4 Å². The number of hydrogen-bond acceptors (Lipinski definition) is 5. The quantitative estimate of drug-likeness (QED) is 0.541. The Morgan fingerprint density at radius 1 is 1.08 bits per heavy atom. The van der Waals surface area contributed by atoms with Gasteiger partial charge >= 0.3 is 6.18 Å². The molecule has 1 fully saturated rings. The molecule has 0 radical (unpaired) electrons. The van der Waals surface area contributed by atoms with E-state index in [0.717, 1.165) is 46.8 Å². The third-order valence-corrected chi connectivity index (χ3v) is 8.71. The second kappa shape index (κ2) is 9.84. The number of aliphatic hydroxyl groups excluding tert-OH is 1. The Balaban J connectivity index is 1.77. The van der Waals surface area contributed by atoms with Gasteiger partial charge in [-0.15, -0.1) is 0 Å². The molecule has 0 aromatic heterocycles.